The normalized spacial score (nSPS) is 20.3. The third kappa shape index (κ3) is 3.38. The maximum Gasteiger partial charge on any atom is 0.416 e. The molecule has 1 N–H and O–H groups in total. The molecule has 126 valence electrons. The first-order valence-electron chi connectivity index (χ1n) is 7.44. The Morgan fingerprint density at radius 3 is 2.62 bits per heavy atom. The van der Waals surface area contributed by atoms with Crippen LogP contribution in [-0.4, -0.2) is 16.9 Å². The number of hydrogen-bond donors (Lipinski definition) is 1. The highest BCUT2D eigenvalue weighted by Crippen LogP contribution is 2.44. The maximum atomic E-state index is 13.2. The van der Waals surface area contributed by atoms with Gasteiger partial charge in [0.15, 0.2) is 0 Å². The SMILES string of the molecule is O=C(N[C@@H]1CC[C@H]1c1ccc(Cl)cc1C(F)(F)F)c1cccnc1. The summed E-state index contributed by atoms with van der Waals surface area (Å²) in [4.78, 5) is 16.0. The molecule has 1 fully saturated rings. The number of nitrogens with one attached hydrogen (secondary N) is 1. The Kier molecular flexibility index (Phi) is 4.49. The largest absolute Gasteiger partial charge is 0.416 e. The molecule has 1 amide bonds. The number of carbonyl (C=O) groups excluding carboxylic acids is 1. The van der Waals surface area contributed by atoms with E-state index >= 15 is 0 Å². The van der Waals surface area contributed by atoms with Gasteiger partial charge in [-0.05, 0) is 42.7 Å². The summed E-state index contributed by atoms with van der Waals surface area (Å²) in [7, 11) is 0. The van der Waals surface area contributed by atoms with Crippen LogP contribution in [0, 0.1) is 0 Å². The van der Waals surface area contributed by atoms with Crippen molar-refractivity contribution >= 4 is 17.5 Å². The summed E-state index contributed by atoms with van der Waals surface area (Å²) in [5, 5.41) is 2.84. The fraction of sp³-hybridized carbons (Fsp3) is 0.294. The first-order valence-corrected chi connectivity index (χ1v) is 7.81. The number of pyridine rings is 1. The zero-order valence-corrected chi connectivity index (χ0v) is 13.2. The van der Waals surface area contributed by atoms with Gasteiger partial charge in [0.25, 0.3) is 5.91 Å². The Bertz CT molecular complexity index is 749. The monoisotopic (exact) mass is 354 g/mol. The van der Waals surface area contributed by atoms with Crippen molar-refractivity contribution in [3.63, 3.8) is 0 Å². The number of amides is 1. The smallest absolute Gasteiger partial charge is 0.349 e. The molecular formula is C17H14ClF3N2O. The van der Waals surface area contributed by atoms with Crippen LogP contribution in [0.1, 0.15) is 40.2 Å². The van der Waals surface area contributed by atoms with Crippen LogP contribution in [0.4, 0.5) is 13.2 Å². The van der Waals surface area contributed by atoms with E-state index in [2.05, 4.69) is 10.3 Å². The van der Waals surface area contributed by atoms with Crippen LogP contribution in [0.15, 0.2) is 42.7 Å². The second-order valence-corrected chi connectivity index (χ2v) is 6.17. The van der Waals surface area contributed by atoms with Gasteiger partial charge in [-0.3, -0.25) is 9.78 Å². The van der Waals surface area contributed by atoms with Gasteiger partial charge in [0.2, 0.25) is 0 Å². The van der Waals surface area contributed by atoms with E-state index in [9.17, 15) is 18.0 Å². The number of halogens is 4. The van der Waals surface area contributed by atoms with Crippen LogP contribution < -0.4 is 5.32 Å². The molecule has 1 aliphatic carbocycles. The number of carbonyl (C=O) groups is 1. The van der Waals surface area contributed by atoms with E-state index < -0.39 is 11.7 Å². The van der Waals surface area contributed by atoms with Gasteiger partial charge in [-0.15, -0.1) is 0 Å². The summed E-state index contributed by atoms with van der Waals surface area (Å²) in [5.74, 6) is -0.708. The molecule has 0 bridgehead atoms. The summed E-state index contributed by atoms with van der Waals surface area (Å²) in [6, 6.07) is 6.70. The minimum Gasteiger partial charge on any atom is -0.349 e. The fourth-order valence-electron chi connectivity index (χ4n) is 2.89. The summed E-state index contributed by atoms with van der Waals surface area (Å²) in [6.07, 6.45) is -0.286. The Morgan fingerprint density at radius 1 is 1.25 bits per heavy atom. The van der Waals surface area contributed by atoms with E-state index in [4.69, 9.17) is 11.6 Å². The van der Waals surface area contributed by atoms with Crippen molar-refractivity contribution in [2.75, 3.05) is 0 Å². The summed E-state index contributed by atoms with van der Waals surface area (Å²) < 4.78 is 39.7. The Morgan fingerprint density at radius 2 is 2.04 bits per heavy atom. The molecule has 1 aromatic carbocycles. The van der Waals surface area contributed by atoms with Gasteiger partial charge in [0, 0.05) is 29.4 Å². The average Bonchev–Trinajstić information content (AvgIpc) is 2.53. The lowest BCUT2D eigenvalue weighted by Crippen LogP contribution is -2.46. The van der Waals surface area contributed by atoms with Crippen LogP contribution >= 0.6 is 11.6 Å². The molecule has 3 nitrogen and oxygen atoms in total. The van der Waals surface area contributed by atoms with E-state index in [1.165, 1.54) is 18.3 Å². The highest BCUT2D eigenvalue weighted by molar-refractivity contribution is 6.30. The van der Waals surface area contributed by atoms with Crippen LogP contribution in [0.3, 0.4) is 0 Å². The standard InChI is InChI=1S/C17H14ClF3N2O/c18-11-3-4-12(14(8-11)17(19,20)21)13-5-6-15(13)23-16(24)10-2-1-7-22-9-10/h1-4,7-9,13,15H,5-6H2,(H,23,24)/t13-,15+/m0/s1. The van der Waals surface area contributed by atoms with Gasteiger partial charge in [-0.1, -0.05) is 17.7 Å². The highest BCUT2D eigenvalue weighted by Gasteiger charge is 2.41. The minimum atomic E-state index is -4.48. The van der Waals surface area contributed by atoms with Crippen LogP contribution in [0.25, 0.3) is 0 Å². The minimum absolute atomic E-state index is 0.0429. The predicted molar refractivity (Wildman–Crippen MR) is 83.9 cm³/mol. The van der Waals surface area contributed by atoms with Crippen molar-refractivity contribution in [1.29, 1.82) is 0 Å². The van der Waals surface area contributed by atoms with Crippen LogP contribution in [0.2, 0.25) is 5.02 Å². The Balaban J connectivity index is 1.81. The maximum absolute atomic E-state index is 13.2. The van der Waals surface area contributed by atoms with E-state index in [1.807, 2.05) is 0 Å². The topological polar surface area (TPSA) is 42.0 Å². The van der Waals surface area contributed by atoms with Crippen LogP contribution in [-0.2, 0) is 6.18 Å². The van der Waals surface area contributed by atoms with Crippen molar-refractivity contribution in [1.82, 2.24) is 10.3 Å². The Labute approximate surface area is 141 Å². The average molecular weight is 355 g/mol. The van der Waals surface area contributed by atoms with Gasteiger partial charge in [-0.25, -0.2) is 0 Å². The fourth-order valence-corrected chi connectivity index (χ4v) is 3.06. The van der Waals surface area contributed by atoms with Crippen molar-refractivity contribution in [2.45, 2.75) is 31.0 Å². The second kappa shape index (κ2) is 6.43. The zero-order valence-electron chi connectivity index (χ0n) is 12.5. The molecule has 0 aliphatic heterocycles. The van der Waals surface area contributed by atoms with Gasteiger partial charge >= 0.3 is 6.18 Å². The molecule has 3 rings (SSSR count). The van der Waals surface area contributed by atoms with Crippen LogP contribution in [0.5, 0.6) is 0 Å². The van der Waals surface area contributed by atoms with E-state index in [0.29, 0.717) is 18.4 Å². The first-order chi connectivity index (χ1) is 11.4. The molecule has 1 aromatic heterocycles. The second-order valence-electron chi connectivity index (χ2n) is 5.73. The summed E-state index contributed by atoms with van der Waals surface area (Å²) >= 11 is 5.71. The quantitative estimate of drug-likeness (QED) is 0.886. The van der Waals surface area contributed by atoms with E-state index in [1.54, 1.807) is 18.3 Å². The highest BCUT2D eigenvalue weighted by atomic mass is 35.5. The van der Waals surface area contributed by atoms with E-state index in [-0.39, 0.29) is 28.5 Å². The lowest BCUT2D eigenvalue weighted by Gasteiger charge is -2.38. The molecule has 24 heavy (non-hydrogen) atoms. The molecular weight excluding hydrogens is 341 g/mol. The van der Waals surface area contributed by atoms with Gasteiger partial charge in [0.05, 0.1) is 11.1 Å². The number of alkyl halides is 3. The first kappa shape index (κ1) is 16.8. The predicted octanol–water partition coefficient (Wildman–Crippen LogP) is 4.43. The molecule has 0 unspecified atom stereocenters. The molecule has 0 saturated heterocycles. The zero-order chi connectivity index (χ0) is 17.3. The summed E-state index contributed by atoms with van der Waals surface area (Å²) in [5.41, 5.74) is -0.176. The molecule has 2 aromatic rings. The lowest BCUT2D eigenvalue weighted by atomic mass is 9.73. The molecule has 7 heteroatoms. The molecule has 2 atom stereocenters. The third-order valence-electron chi connectivity index (χ3n) is 4.23. The number of benzene rings is 1. The molecule has 0 radical (unpaired) electrons. The van der Waals surface area contributed by atoms with Gasteiger partial charge < -0.3 is 5.32 Å². The Hall–Kier alpha value is -2.08. The van der Waals surface area contributed by atoms with Gasteiger partial charge in [0.1, 0.15) is 0 Å². The summed E-state index contributed by atoms with van der Waals surface area (Å²) in [6.45, 7) is 0. The number of rotatable bonds is 3. The van der Waals surface area contributed by atoms with Crippen molar-refractivity contribution in [3.8, 4) is 0 Å². The molecule has 1 aliphatic rings. The lowest BCUT2D eigenvalue weighted by molar-refractivity contribution is -0.138. The molecule has 0 spiro atoms. The number of aromatic nitrogens is 1. The molecule has 1 heterocycles. The molecule has 1 saturated carbocycles. The number of hydrogen-bond acceptors (Lipinski definition) is 2. The van der Waals surface area contributed by atoms with E-state index in [0.717, 1.165) is 6.07 Å². The van der Waals surface area contributed by atoms with Gasteiger partial charge in [-0.2, -0.15) is 13.2 Å². The van der Waals surface area contributed by atoms with Crippen molar-refractivity contribution in [3.05, 3.63) is 64.4 Å². The third-order valence-corrected chi connectivity index (χ3v) is 4.47. The van der Waals surface area contributed by atoms with Crippen molar-refractivity contribution < 1.29 is 18.0 Å². The number of nitrogens with zero attached hydrogens (tertiary/aromatic N) is 1. The van der Waals surface area contributed by atoms with Crippen molar-refractivity contribution in [2.24, 2.45) is 0 Å².